The van der Waals surface area contributed by atoms with Crippen LogP contribution in [0.5, 0.6) is 0 Å². The number of rotatable bonds is 9. The van der Waals surface area contributed by atoms with Gasteiger partial charge in [0.1, 0.15) is 5.82 Å². The summed E-state index contributed by atoms with van der Waals surface area (Å²) in [7, 11) is 1.75. The van der Waals surface area contributed by atoms with Crippen molar-refractivity contribution in [2.45, 2.75) is 44.9 Å². The van der Waals surface area contributed by atoms with Crippen LogP contribution in [-0.2, 0) is 19.5 Å². The van der Waals surface area contributed by atoms with Gasteiger partial charge in [-0.1, -0.05) is 54.9 Å². The molecule has 0 aliphatic carbocycles. The highest BCUT2D eigenvalue weighted by Gasteiger charge is 2.12. The molecule has 162 valence electrons. The van der Waals surface area contributed by atoms with Crippen molar-refractivity contribution >= 4 is 64.9 Å². The van der Waals surface area contributed by atoms with E-state index in [0.29, 0.717) is 22.5 Å². The number of thioether (sulfide) groups is 1. The van der Waals surface area contributed by atoms with Gasteiger partial charge < -0.3 is 15.2 Å². The van der Waals surface area contributed by atoms with Crippen LogP contribution in [0, 0.1) is 5.92 Å². The largest absolute Gasteiger partial charge is 0.356 e. The van der Waals surface area contributed by atoms with Crippen LogP contribution in [0.15, 0.2) is 28.3 Å². The van der Waals surface area contributed by atoms with E-state index < -0.39 is 0 Å². The first-order valence-electron chi connectivity index (χ1n) is 9.29. The summed E-state index contributed by atoms with van der Waals surface area (Å²) in [5.41, 5.74) is 0.973. The summed E-state index contributed by atoms with van der Waals surface area (Å²) < 4.78 is 2.23. The summed E-state index contributed by atoms with van der Waals surface area (Å²) in [5, 5.41) is 17.5. The predicted molar refractivity (Wildman–Crippen MR) is 135 cm³/mol. The van der Waals surface area contributed by atoms with E-state index in [1.807, 2.05) is 18.4 Å². The molecule has 1 aromatic heterocycles. The summed E-state index contributed by atoms with van der Waals surface area (Å²) in [6, 6.07) is 5.49. The SMILES string of the molecule is CN=C(NCCCc1nnc(SC)n1CC(C)C)NCc1ccc(Cl)cc1Cl.I. The van der Waals surface area contributed by atoms with E-state index in [9.17, 15) is 0 Å². The summed E-state index contributed by atoms with van der Waals surface area (Å²) in [6.07, 6.45) is 3.84. The summed E-state index contributed by atoms with van der Waals surface area (Å²) in [4.78, 5) is 4.26. The number of guanidine groups is 1. The average Bonchev–Trinajstić information content (AvgIpc) is 3.03. The molecule has 0 saturated carbocycles. The maximum absolute atomic E-state index is 6.21. The third-order valence-corrected chi connectivity index (χ3v) is 5.33. The first-order chi connectivity index (χ1) is 13.4. The van der Waals surface area contributed by atoms with Crippen LogP contribution >= 0.6 is 58.9 Å². The van der Waals surface area contributed by atoms with Crippen LogP contribution in [0.1, 0.15) is 31.7 Å². The fraction of sp³-hybridized carbons (Fsp3) is 0.526. The second kappa shape index (κ2) is 13.6. The van der Waals surface area contributed by atoms with Gasteiger partial charge in [0, 0.05) is 43.1 Å². The Kier molecular flexibility index (Phi) is 12.3. The summed E-state index contributed by atoms with van der Waals surface area (Å²) in [5.74, 6) is 2.33. The minimum absolute atomic E-state index is 0. The second-order valence-electron chi connectivity index (χ2n) is 6.80. The van der Waals surface area contributed by atoms with Crippen molar-refractivity contribution in [3.8, 4) is 0 Å². The van der Waals surface area contributed by atoms with Crippen LogP contribution in [0.25, 0.3) is 0 Å². The van der Waals surface area contributed by atoms with E-state index in [0.717, 1.165) is 48.4 Å². The van der Waals surface area contributed by atoms with Crippen LogP contribution < -0.4 is 10.6 Å². The Morgan fingerprint density at radius 3 is 2.62 bits per heavy atom. The lowest BCUT2D eigenvalue weighted by molar-refractivity contribution is 0.477. The van der Waals surface area contributed by atoms with Gasteiger partial charge in [-0.2, -0.15) is 0 Å². The van der Waals surface area contributed by atoms with Crippen molar-refractivity contribution in [2.75, 3.05) is 19.8 Å². The molecule has 0 atom stereocenters. The number of aromatic nitrogens is 3. The maximum Gasteiger partial charge on any atom is 0.191 e. The van der Waals surface area contributed by atoms with Gasteiger partial charge in [-0.3, -0.25) is 4.99 Å². The number of hydrogen-bond acceptors (Lipinski definition) is 4. The van der Waals surface area contributed by atoms with Crippen LogP contribution in [0.4, 0.5) is 0 Å². The van der Waals surface area contributed by atoms with Crippen molar-refractivity contribution in [3.63, 3.8) is 0 Å². The molecular weight excluding hydrogens is 542 g/mol. The van der Waals surface area contributed by atoms with Gasteiger partial charge in [0.25, 0.3) is 0 Å². The van der Waals surface area contributed by atoms with Gasteiger partial charge in [-0.25, -0.2) is 0 Å². The van der Waals surface area contributed by atoms with E-state index in [2.05, 4.69) is 44.2 Å². The standard InChI is InChI=1S/C19H28Cl2N6S.HI/c1-13(2)12-27-17(25-26-19(27)28-4)6-5-9-23-18(22-3)24-11-14-7-8-15(20)10-16(14)21;/h7-8,10,13H,5-6,9,11-12H2,1-4H3,(H2,22,23,24);1H. The third-order valence-electron chi connectivity index (χ3n) is 4.08. The van der Waals surface area contributed by atoms with E-state index in [-0.39, 0.29) is 24.0 Å². The van der Waals surface area contributed by atoms with Gasteiger partial charge in [-0.05, 0) is 36.3 Å². The van der Waals surface area contributed by atoms with Crippen LogP contribution in [-0.4, -0.2) is 40.6 Å². The molecule has 0 radical (unpaired) electrons. The van der Waals surface area contributed by atoms with E-state index in [1.165, 1.54) is 0 Å². The number of hydrogen-bond donors (Lipinski definition) is 2. The Balaban J connectivity index is 0.00000420. The number of halogens is 3. The molecule has 2 N–H and O–H groups in total. The molecule has 0 fully saturated rings. The molecule has 0 saturated heterocycles. The highest BCUT2D eigenvalue weighted by Crippen LogP contribution is 2.20. The van der Waals surface area contributed by atoms with Gasteiger partial charge in [0.15, 0.2) is 11.1 Å². The lowest BCUT2D eigenvalue weighted by atomic mass is 10.2. The minimum Gasteiger partial charge on any atom is -0.356 e. The molecule has 0 bridgehead atoms. The molecule has 0 spiro atoms. The molecule has 0 unspecified atom stereocenters. The lowest BCUT2D eigenvalue weighted by Gasteiger charge is -2.14. The molecular formula is C19H29Cl2IN6S. The van der Waals surface area contributed by atoms with Crippen molar-refractivity contribution in [1.29, 1.82) is 0 Å². The van der Waals surface area contributed by atoms with Gasteiger partial charge in [-0.15, -0.1) is 34.2 Å². The molecule has 0 amide bonds. The van der Waals surface area contributed by atoms with Gasteiger partial charge in [0.05, 0.1) is 0 Å². The first-order valence-corrected chi connectivity index (χ1v) is 11.3. The quantitative estimate of drug-likeness (QED) is 0.148. The van der Waals surface area contributed by atoms with Crippen molar-refractivity contribution < 1.29 is 0 Å². The average molecular weight is 571 g/mol. The Morgan fingerprint density at radius 1 is 1.24 bits per heavy atom. The van der Waals surface area contributed by atoms with Gasteiger partial charge in [0.2, 0.25) is 0 Å². The predicted octanol–water partition coefficient (Wildman–Crippen LogP) is 4.88. The molecule has 2 rings (SSSR count). The smallest absolute Gasteiger partial charge is 0.191 e. The third kappa shape index (κ3) is 8.51. The minimum atomic E-state index is 0. The second-order valence-corrected chi connectivity index (χ2v) is 8.42. The normalized spacial score (nSPS) is 11.5. The molecule has 6 nitrogen and oxygen atoms in total. The molecule has 1 aromatic carbocycles. The molecule has 29 heavy (non-hydrogen) atoms. The number of aryl methyl sites for hydroxylation is 1. The monoisotopic (exact) mass is 570 g/mol. The maximum atomic E-state index is 6.21. The van der Waals surface area contributed by atoms with E-state index in [4.69, 9.17) is 23.2 Å². The molecule has 2 aromatic rings. The zero-order chi connectivity index (χ0) is 20.5. The number of nitrogens with one attached hydrogen (secondary N) is 2. The Bertz CT molecular complexity index is 797. The van der Waals surface area contributed by atoms with Crippen molar-refractivity contribution in [1.82, 2.24) is 25.4 Å². The fourth-order valence-electron chi connectivity index (χ4n) is 2.72. The summed E-state index contributed by atoms with van der Waals surface area (Å²) in [6.45, 7) is 6.72. The Morgan fingerprint density at radius 2 is 2.00 bits per heavy atom. The topological polar surface area (TPSA) is 67.1 Å². The molecule has 10 heteroatoms. The highest BCUT2D eigenvalue weighted by atomic mass is 127. The number of nitrogens with zero attached hydrogens (tertiary/aromatic N) is 4. The first kappa shape index (κ1) is 26.3. The number of aliphatic imine (C=N–C) groups is 1. The molecule has 0 aliphatic heterocycles. The lowest BCUT2D eigenvalue weighted by Crippen LogP contribution is -2.37. The van der Waals surface area contributed by atoms with E-state index in [1.54, 1.807) is 24.9 Å². The fourth-order valence-corrected chi connectivity index (χ4v) is 3.72. The zero-order valence-electron chi connectivity index (χ0n) is 17.2. The number of benzene rings is 1. The molecule has 1 heterocycles. The Hall–Kier alpha value is -0.710. The highest BCUT2D eigenvalue weighted by molar-refractivity contribution is 14.0. The van der Waals surface area contributed by atoms with E-state index >= 15 is 0 Å². The van der Waals surface area contributed by atoms with Crippen LogP contribution in [0.2, 0.25) is 10.0 Å². The van der Waals surface area contributed by atoms with Crippen molar-refractivity contribution in [2.24, 2.45) is 10.9 Å². The van der Waals surface area contributed by atoms with Crippen LogP contribution in [0.3, 0.4) is 0 Å². The van der Waals surface area contributed by atoms with Crippen molar-refractivity contribution in [3.05, 3.63) is 39.6 Å². The zero-order valence-corrected chi connectivity index (χ0v) is 21.9. The molecule has 0 aliphatic rings. The summed E-state index contributed by atoms with van der Waals surface area (Å²) >= 11 is 13.8. The Labute approximate surface area is 204 Å². The van der Waals surface area contributed by atoms with Gasteiger partial charge >= 0.3 is 0 Å².